The van der Waals surface area contributed by atoms with E-state index < -0.39 is 59.6 Å². The summed E-state index contributed by atoms with van der Waals surface area (Å²) in [7, 11) is 0. The first-order chi connectivity index (χ1) is 17.2. The Morgan fingerprint density at radius 1 is 1.11 bits per heavy atom. The molecule has 1 saturated carbocycles. The van der Waals surface area contributed by atoms with Crippen LogP contribution in [0.1, 0.15) is 48.9 Å². The zero-order chi connectivity index (χ0) is 27.0. The lowest BCUT2D eigenvalue weighted by molar-refractivity contribution is -0.143. The number of carbonyl (C=O) groups excluding carboxylic acids is 2. The monoisotopic (exact) mass is 529 g/mol. The Labute approximate surface area is 208 Å². The summed E-state index contributed by atoms with van der Waals surface area (Å²) >= 11 is 0. The number of halogens is 6. The topological polar surface area (TPSA) is 93.7 Å². The van der Waals surface area contributed by atoms with Gasteiger partial charge in [-0.15, -0.1) is 0 Å². The Balaban J connectivity index is 1.30. The van der Waals surface area contributed by atoms with E-state index in [9.17, 15) is 41.2 Å². The van der Waals surface area contributed by atoms with Gasteiger partial charge < -0.3 is 15.5 Å². The highest BCUT2D eigenvalue weighted by atomic mass is 19.4. The first-order valence-electron chi connectivity index (χ1n) is 12.0. The van der Waals surface area contributed by atoms with Crippen molar-refractivity contribution in [3.63, 3.8) is 0 Å². The normalized spacial score (nSPS) is 30.9. The number of hydrogen-bond acceptors (Lipinski definition) is 5. The summed E-state index contributed by atoms with van der Waals surface area (Å²) in [5.74, 6) is -0.442. The van der Waals surface area contributed by atoms with Crippen LogP contribution in [0.2, 0.25) is 0 Å². The summed E-state index contributed by atoms with van der Waals surface area (Å²) < 4.78 is 79.9. The van der Waals surface area contributed by atoms with Crippen LogP contribution >= 0.6 is 0 Å². The highest BCUT2D eigenvalue weighted by Gasteiger charge is 2.56. The van der Waals surface area contributed by atoms with Gasteiger partial charge in [-0.05, 0) is 55.9 Å². The van der Waals surface area contributed by atoms with Crippen LogP contribution in [0, 0.1) is 17.2 Å². The average Bonchev–Trinajstić information content (AvgIpc) is 3.15. The van der Waals surface area contributed by atoms with Gasteiger partial charge in [-0.2, -0.15) is 31.6 Å². The van der Waals surface area contributed by atoms with E-state index in [-0.39, 0.29) is 30.1 Å². The van der Waals surface area contributed by atoms with Crippen molar-refractivity contribution in [3.8, 4) is 6.07 Å². The second-order valence-corrected chi connectivity index (χ2v) is 10.4. The van der Waals surface area contributed by atoms with Crippen LogP contribution in [-0.4, -0.2) is 69.8 Å². The summed E-state index contributed by atoms with van der Waals surface area (Å²) in [5.41, 5.74) is 3.06. The van der Waals surface area contributed by atoms with Crippen molar-refractivity contribution in [2.24, 2.45) is 11.7 Å². The van der Waals surface area contributed by atoms with E-state index in [1.165, 1.54) is 11.8 Å². The first kappa shape index (κ1) is 25.8. The molecule has 4 aliphatic rings. The van der Waals surface area contributed by atoms with E-state index in [0.29, 0.717) is 37.4 Å². The molecule has 1 aliphatic carbocycles. The van der Waals surface area contributed by atoms with Crippen LogP contribution in [0.3, 0.4) is 0 Å². The summed E-state index contributed by atoms with van der Waals surface area (Å²) in [5, 5.41) is 9.34. The molecule has 13 heteroatoms. The predicted molar refractivity (Wildman–Crippen MR) is 116 cm³/mol. The van der Waals surface area contributed by atoms with Crippen molar-refractivity contribution in [1.29, 1.82) is 5.26 Å². The van der Waals surface area contributed by atoms with Crippen LogP contribution in [0.15, 0.2) is 18.2 Å². The van der Waals surface area contributed by atoms with Gasteiger partial charge in [0.1, 0.15) is 6.04 Å². The minimum Gasteiger partial charge on any atom is -0.330 e. The van der Waals surface area contributed by atoms with Gasteiger partial charge in [0.15, 0.2) is 0 Å². The molecular formula is C24H25F6N5O2. The van der Waals surface area contributed by atoms with Crippen LogP contribution in [0.5, 0.6) is 0 Å². The molecule has 3 saturated heterocycles. The SMILES string of the molecule is C[C@@H](c1cc(C(F)(F)F)cc(C(F)(F)F)c1)N1C(=O)[C@H]2C[C@H]1CN2C[C@H](N)C(=O)N1[C@H](C#N)C[C@@H]2C[C@@H]21. The van der Waals surface area contributed by atoms with Gasteiger partial charge in [-0.1, -0.05) is 0 Å². The first-order valence-corrected chi connectivity index (χ1v) is 12.0. The lowest BCUT2D eigenvalue weighted by atomic mass is 9.98. The Kier molecular flexibility index (Phi) is 5.99. The minimum atomic E-state index is -4.98. The molecule has 3 heterocycles. The number of fused-ring (bicyclic) bond motifs is 3. The third-order valence-electron chi connectivity index (χ3n) is 8.08. The van der Waals surface area contributed by atoms with Crippen molar-refractivity contribution in [2.45, 2.75) is 74.8 Å². The number of carbonyl (C=O) groups is 2. The van der Waals surface area contributed by atoms with Crippen LogP contribution in [0.25, 0.3) is 0 Å². The molecule has 1 aromatic carbocycles. The molecule has 2 bridgehead atoms. The van der Waals surface area contributed by atoms with Gasteiger partial charge >= 0.3 is 12.4 Å². The Hall–Kier alpha value is -2.85. The summed E-state index contributed by atoms with van der Waals surface area (Å²) in [6.45, 7) is 1.78. The Bertz CT molecular complexity index is 1130. The largest absolute Gasteiger partial charge is 0.416 e. The van der Waals surface area contributed by atoms with Gasteiger partial charge in [0.25, 0.3) is 0 Å². The molecule has 0 unspecified atom stereocenters. The molecule has 2 N–H and O–H groups in total. The second-order valence-electron chi connectivity index (χ2n) is 10.4. The third kappa shape index (κ3) is 4.44. The lowest BCUT2D eigenvalue weighted by Gasteiger charge is -2.39. The number of nitrogens with two attached hydrogens (primary N) is 1. The zero-order valence-corrected chi connectivity index (χ0v) is 19.8. The maximum atomic E-state index is 13.3. The standard InChI is InChI=1S/C24H25F6N5O2/c1-11(12-2-14(23(25,26)27)6-15(3-12)24(28,29)30)34-17-7-20(22(34)37)33(9-17)10-18(32)21(36)35-16(8-31)4-13-5-19(13)35/h2-3,6,11,13,16-20H,4-5,7,9-10,32H2,1H3/t11-,13+,16-,17-,18-,19-,20+/m0/s1. The highest BCUT2D eigenvalue weighted by molar-refractivity contribution is 5.87. The third-order valence-corrected chi connectivity index (χ3v) is 8.08. The Morgan fingerprint density at radius 3 is 2.27 bits per heavy atom. The zero-order valence-electron chi connectivity index (χ0n) is 19.8. The summed E-state index contributed by atoms with van der Waals surface area (Å²) in [6, 6.07) is -0.0555. The molecule has 4 fully saturated rings. The molecule has 2 amide bonds. The van der Waals surface area contributed by atoms with Crippen molar-refractivity contribution in [3.05, 3.63) is 34.9 Å². The molecule has 5 rings (SSSR count). The van der Waals surface area contributed by atoms with E-state index >= 15 is 0 Å². The highest BCUT2D eigenvalue weighted by Crippen LogP contribution is 2.48. The minimum absolute atomic E-state index is 0.0326. The molecule has 0 spiro atoms. The molecule has 3 aliphatic heterocycles. The predicted octanol–water partition coefficient (Wildman–Crippen LogP) is 2.91. The van der Waals surface area contributed by atoms with Crippen LogP contribution in [0.4, 0.5) is 26.3 Å². The van der Waals surface area contributed by atoms with E-state index in [1.54, 1.807) is 9.80 Å². The van der Waals surface area contributed by atoms with Crippen molar-refractivity contribution in [1.82, 2.24) is 14.7 Å². The number of rotatable bonds is 5. The van der Waals surface area contributed by atoms with E-state index in [0.717, 1.165) is 6.42 Å². The quantitative estimate of drug-likeness (QED) is 0.593. The number of piperazine rings is 1. The Morgan fingerprint density at radius 2 is 1.73 bits per heavy atom. The molecule has 7 nitrogen and oxygen atoms in total. The van der Waals surface area contributed by atoms with Gasteiger partial charge in [0.2, 0.25) is 11.8 Å². The number of likely N-dealkylation sites (tertiary alicyclic amines) is 3. The van der Waals surface area contributed by atoms with E-state index in [1.807, 2.05) is 0 Å². The fourth-order valence-corrected chi connectivity index (χ4v) is 6.19. The molecule has 1 aromatic rings. The number of alkyl halides is 6. The number of hydrogen-bond donors (Lipinski definition) is 1. The molecule has 7 atom stereocenters. The van der Waals surface area contributed by atoms with Gasteiger partial charge in [0, 0.05) is 25.2 Å². The second kappa shape index (κ2) is 8.59. The van der Waals surface area contributed by atoms with Gasteiger partial charge in [0.05, 0.1) is 35.3 Å². The fourth-order valence-electron chi connectivity index (χ4n) is 6.19. The van der Waals surface area contributed by atoms with Crippen molar-refractivity contribution in [2.75, 3.05) is 13.1 Å². The van der Waals surface area contributed by atoms with Crippen molar-refractivity contribution >= 4 is 11.8 Å². The van der Waals surface area contributed by atoms with Crippen LogP contribution in [-0.2, 0) is 21.9 Å². The van der Waals surface area contributed by atoms with Crippen molar-refractivity contribution < 1.29 is 35.9 Å². The number of nitriles is 1. The van der Waals surface area contributed by atoms with Crippen LogP contribution < -0.4 is 5.73 Å². The summed E-state index contributed by atoms with van der Waals surface area (Å²) in [6.07, 6.45) is -8.15. The van der Waals surface area contributed by atoms with E-state index in [4.69, 9.17) is 5.73 Å². The van der Waals surface area contributed by atoms with Gasteiger partial charge in [-0.3, -0.25) is 14.5 Å². The fraction of sp³-hybridized carbons (Fsp3) is 0.625. The smallest absolute Gasteiger partial charge is 0.330 e. The molecule has 200 valence electrons. The number of nitrogens with zero attached hydrogens (tertiary/aromatic N) is 4. The summed E-state index contributed by atoms with van der Waals surface area (Å²) in [4.78, 5) is 30.8. The van der Waals surface area contributed by atoms with E-state index in [2.05, 4.69) is 6.07 Å². The average molecular weight is 529 g/mol. The molecule has 37 heavy (non-hydrogen) atoms. The lowest BCUT2D eigenvalue weighted by Crippen LogP contribution is -2.57. The molecule has 0 aromatic heterocycles. The number of piperidine rings is 1. The maximum absolute atomic E-state index is 13.3. The number of amides is 2. The molecule has 0 radical (unpaired) electrons. The van der Waals surface area contributed by atoms with Gasteiger partial charge in [-0.25, -0.2) is 0 Å². The maximum Gasteiger partial charge on any atom is 0.416 e. The molecular weight excluding hydrogens is 504 g/mol. The number of benzene rings is 1.